The zero-order valence-electron chi connectivity index (χ0n) is 43.1. The molecule has 0 N–H and O–H groups in total. The molecule has 0 aliphatic carbocycles. The topological polar surface area (TPSA) is 78.9 Å². The van der Waals surface area contributed by atoms with Crippen molar-refractivity contribution in [2.24, 2.45) is 0 Å². The van der Waals surface area contributed by atoms with Gasteiger partial charge in [-0.1, -0.05) is 219 Å². The van der Waals surface area contributed by atoms with Gasteiger partial charge in [0, 0.05) is 19.3 Å². The van der Waals surface area contributed by atoms with Gasteiger partial charge in [-0.2, -0.15) is 0 Å². The van der Waals surface area contributed by atoms with Crippen molar-refractivity contribution in [3.05, 3.63) is 122 Å². The Labute approximate surface area is 412 Å². The lowest BCUT2D eigenvalue weighted by Gasteiger charge is -2.18. The van der Waals surface area contributed by atoms with E-state index < -0.39 is 6.10 Å². The predicted octanol–water partition coefficient (Wildman–Crippen LogP) is 18.1. The van der Waals surface area contributed by atoms with Gasteiger partial charge in [-0.05, 0) is 109 Å². The van der Waals surface area contributed by atoms with Gasteiger partial charge < -0.3 is 14.2 Å². The first-order valence-corrected chi connectivity index (χ1v) is 27.0. The van der Waals surface area contributed by atoms with Crippen LogP contribution in [-0.2, 0) is 28.6 Å². The van der Waals surface area contributed by atoms with Gasteiger partial charge in [-0.15, -0.1) is 0 Å². The van der Waals surface area contributed by atoms with Crippen LogP contribution in [0.1, 0.15) is 226 Å². The van der Waals surface area contributed by atoms with Crippen molar-refractivity contribution in [2.75, 3.05) is 13.2 Å². The molecule has 0 saturated heterocycles. The third kappa shape index (κ3) is 52.6. The molecule has 0 aromatic heterocycles. The summed E-state index contributed by atoms with van der Waals surface area (Å²) in [5, 5.41) is 0. The minimum Gasteiger partial charge on any atom is -0.462 e. The highest BCUT2D eigenvalue weighted by molar-refractivity contribution is 5.71. The second-order valence-corrected chi connectivity index (χ2v) is 17.4. The molecule has 6 nitrogen and oxygen atoms in total. The molecule has 0 aromatic carbocycles. The molecule has 1 unspecified atom stereocenters. The van der Waals surface area contributed by atoms with Crippen LogP contribution in [0.5, 0.6) is 0 Å². The first kappa shape index (κ1) is 62.8. The molecule has 67 heavy (non-hydrogen) atoms. The van der Waals surface area contributed by atoms with Gasteiger partial charge in [-0.3, -0.25) is 14.4 Å². The quantitative estimate of drug-likeness (QED) is 0.0262. The van der Waals surface area contributed by atoms with Crippen molar-refractivity contribution in [1.29, 1.82) is 0 Å². The third-order valence-corrected chi connectivity index (χ3v) is 10.9. The van der Waals surface area contributed by atoms with E-state index >= 15 is 0 Å². The van der Waals surface area contributed by atoms with E-state index in [4.69, 9.17) is 14.2 Å². The summed E-state index contributed by atoms with van der Waals surface area (Å²) >= 11 is 0. The highest BCUT2D eigenvalue weighted by atomic mass is 16.6. The molecule has 0 saturated carbocycles. The number of unbranched alkanes of at least 4 members (excludes halogenated alkanes) is 16. The Morgan fingerprint density at radius 1 is 0.313 bits per heavy atom. The lowest BCUT2D eigenvalue weighted by molar-refractivity contribution is -0.166. The van der Waals surface area contributed by atoms with Gasteiger partial charge in [0.25, 0.3) is 0 Å². The fourth-order valence-electron chi connectivity index (χ4n) is 6.90. The summed E-state index contributed by atoms with van der Waals surface area (Å²) in [6.07, 6.45) is 74.9. The normalized spacial score (nSPS) is 13.1. The van der Waals surface area contributed by atoms with E-state index in [1.54, 1.807) is 0 Å². The molecule has 0 amide bonds. The number of carbonyl (C=O) groups is 3. The van der Waals surface area contributed by atoms with Crippen LogP contribution in [0.2, 0.25) is 0 Å². The van der Waals surface area contributed by atoms with E-state index in [2.05, 4.69) is 124 Å². The van der Waals surface area contributed by atoms with Crippen LogP contribution in [0, 0.1) is 0 Å². The van der Waals surface area contributed by atoms with Crippen LogP contribution in [-0.4, -0.2) is 37.2 Å². The summed E-state index contributed by atoms with van der Waals surface area (Å²) in [5.74, 6) is -1.10. The molecule has 6 heteroatoms. The van der Waals surface area contributed by atoms with E-state index in [-0.39, 0.29) is 50.4 Å². The Kier molecular flexibility index (Phi) is 51.0. The Hall–Kier alpha value is -4.19. The number of ether oxygens (including phenoxy) is 3. The molecule has 1 atom stereocenters. The van der Waals surface area contributed by atoms with Crippen LogP contribution in [0.4, 0.5) is 0 Å². The lowest BCUT2D eigenvalue weighted by Crippen LogP contribution is -2.30. The maximum atomic E-state index is 12.8. The predicted molar refractivity (Wildman–Crippen MR) is 288 cm³/mol. The van der Waals surface area contributed by atoms with Gasteiger partial charge >= 0.3 is 17.9 Å². The Bertz CT molecular complexity index is 1440. The molecular formula is C61H98O6. The summed E-state index contributed by atoms with van der Waals surface area (Å²) in [7, 11) is 0. The van der Waals surface area contributed by atoms with Crippen molar-refractivity contribution in [1.82, 2.24) is 0 Å². The largest absolute Gasteiger partial charge is 0.462 e. The van der Waals surface area contributed by atoms with Gasteiger partial charge in [0.1, 0.15) is 13.2 Å². The van der Waals surface area contributed by atoms with Crippen LogP contribution in [0.25, 0.3) is 0 Å². The van der Waals surface area contributed by atoms with Gasteiger partial charge in [-0.25, -0.2) is 0 Å². The molecule has 0 heterocycles. The van der Waals surface area contributed by atoms with Crippen molar-refractivity contribution in [3.8, 4) is 0 Å². The van der Waals surface area contributed by atoms with Crippen molar-refractivity contribution >= 4 is 17.9 Å². The molecule has 0 aromatic rings. The average molecular weight is 927 g/mol. The third-order valence-electron chi connectivity index (χ3n) is 10.9. The second kappa shape index (κ2) is 54.4. The molecule has 378 valence electrons. The van der Waals surface area contributed by atoms with Crippen LogP contribution < -0.4 is 0 Å². The summed E-state index contributed by atoms with van der Waals surface area (Å²) in [6, 6.07) is 0. The van der Waals surface area contributed by atoms with Gasteiger partial charge in [0.2, 0.25) is 0 Å². The van der Waals surface area contributed by atoms with Crippen LogP contribution in [0.15, 0.2) is 122 Å². The van der Waals surface area contributed by atoms with Gasteiger partial charge in [0.15, 0.2) is 6.10 Å². The Morgan fingerprint density at radius 3 is 1.00 bits per heavy atom. The maximum Gasteiger partial charge on any atom is 0.306 e. The molecule has 0 rings (SSSR count). The standard InChI is InChI=1S/C61H98O6/c1-4-7-10-13-16-19-22-25-27-29-30-32-33-36-39-42-45-48-51-54-60(63)66-57-58(56-65-59(62)53-50-47-44-41-38-35-24-21-18-15-12-9-6-3)67-61(64)55-52-49-46-43-40-37-34-31-28-26-23-20-17-14-11-8-5-2/h7,10,16-17,19-20,25-28,30,32,35-36,38-39,44-45,47-48,58H,4-6,8-9,11-15,18,21-24,29,31,33-34,37,40-43,46,49-57H2,1-3H3/b10-7+,19-16+,20-17+,27-25+,28-26+,32-30+,38-35+,39-36+,47-44+,48-45+. The minimum atomic E-state index is -0.838. The molecule has 0 spiro atoms. The molecular weight excluding hydrogens is 829 g/mol. The smallest absolute Gasteiger partial charge is 0.306 e. The number of rotatable bonds is 47. The molecule has 0 bridgehead atoms. The summed E-state index contributed by atoms with van der Waals surface area (Å²) < 4.78 is 16.7. The lowest BCUT2D eigenvalue weighted by atomic mass is 10.1. The zero-order valence-corrected chi connectivity index (χ0v) is 43.1. The van der Waals surface area contributed by atoms with Crippen molar-refractivity contribution in [3.63, 3.8) is 0 Å². The van der Waals surface area contributed by atoms with E-state index in [0.29, 0.717) is 12.8 Å². The fourth-order valence-corrected chi connectivity index (χ4v) is 6.90. The maximum absolute atomic E-state index is 12.8. The molecule has 0 aliphatic rings. The van der Waals surface area contributed by atoms with Gasteiger partial charge in [0.05, 0.1) is 0 Å². The van der Waals surface area contributed by atoms with Crippen molar-refractivity contribution < 1.29 is 28.6 Å². The summed E-state index contributed by atoms with van der Waals surface area (Å²) in [6.45, 7) is 6.35. The highest BCUT2D eigenvalue weighted by Gasteiger charge is 2.19. The second-order valence-electron chi connectivity index (χ2n) is 17.4. The van der Waals surface area contributed by atoms with E-state index in [1.165, 1.54) is 83.5 Å². The number of hydrogen-bond donors (Lipinski definition) is 0. The minimum absolute atomic E-state index is 0.138. The van der Waals surface area contributed by atoms with E-state index in [9.17, 15) is 14.4 Å². The summed E-state index contributed by atoms with van der Waals surface area (Å²) in [4.78, 5) is 38.0. The van der Waals surface area contributed by atoms with Crippen LogP contribution in [0.3, 0.4) is 0 Å². The average Bonchev–Trinajstić information content (AvgIpc) is 3.33. The number of esters is 3. The number of allylic oxidation sites excluding steroid dienone is 20. The molecule has 0 fully saturated rings. The highest BCUT2D eigenvalue weighted by Crippen LogP contribution is 2.13. The summed E-state index contributed by atoms with van der Waals surface area (Å²) in [5.41, 5.74) is 0. The number of carbonyl (C=O) groups excluding carboxylic acids is 3. The van der Waals surface area contributed by atoms with Crippen LogP contribution >= 0.6 is 0 Å². The zero-order chi connectivity index (χ0) is 48.6. The van der Waals surface area contributed by atoms with Crippen molar-refractivity contribution in [2.45, 2.75) is 232 Å². The Morgan fingerprint density at radius 2 is 0.612 bits per heavy atom. The fraction of sp³-hybridized carbons (Fsp3) is 0.623. The van der Waals surface area contributed by atoms with E-state index in [0.717, 1.165) is 89.9 Å². The molecule has 0 aliphatic heterocycles. The first-order valence-electron chi connectivity index (χ1n) is 27.0. The monoisotopic (exact) mass is 927 g/mol. The number of hydrogen-bond acceptors (Lipinski definition) is 6. The SMILES string of the molecule is CC/C=C/C/C=C/C/C=C/C/C=C/C/C=C/C/C=C/CCC(=O)OCC(COC(=O)CC/C=C/C/C=C/CCCCCCCC)OC(=O)CCCCCCCCC/C=C/C/C=C/CCCCC. The Balaban J connectivity index is 4.58. The van der Waals surface area contributed by atoms with E-state index in [1.807, 2.05) is 18.2 Å². The molecule has 0 radical (unpaired) electrons. The first-order chi connectivity index (χ1) is 33.0.